The van der Waals surface area contributed by atoms with Gasteiger partial charge in [0.2, 0.25) is 0 Å². The highest BCUT2D eigenvalue weighted by molar-refractivity contribution is 5.81. The normalized spacial score (nSPS) is 19.6. The van der Waals surface area contributed by atoms with Gasteiger partial charge in [-0.25, -0.2) is 9.97 Å². The molecule has 0 radical (unpaired) electrons. The number of hydrogen-bond donors (Lipinski definition) is 1. The van der Waals surface area contributed by atoms with Crippen molar-refractivity contribution in [2.45, 2.75) is 31.5 Å². The number of rotatable bonds is 2. The number of hydrogen-bond acceptors (Lipinski definition) is 3. The molecule has 3 nitrogen and oxygen atoms in total. The minimum absolute atomic E-state index is 0.0111. The molecule has 1 aromatic carbocycles. The van der Waals surface area contributed by atoms with Crippen LogP contribution in [0.25, 0.3) is 10.9 Å². The van der Waals surface area contributed by atoms with E-state index in [1.807, 2.05) is 0 Å². The molecular formula is C14H14F3N3. The zero-order valence-corrected chi connectivity index (χ0v) is 10.7. The summed E-state index contributed by atoms with van der Waals surface area (Å²) < 4.78 is 38.9. The molecule has 1 atom stereocenters. The third-order valence-electron chi connectivity index (χ3n) is 3.56. The van der Waals surface area contributed by atoms with Gasteiger partial charge in [0.25, 0.3) is 0 Å². The highest BCUT2D eigenvalue weighted by Crippen LogP contribution is 2.33. The molecule has 1 N–H and O–H groups in total. The minimum Gasteiger partial charge on any atom is -0.314 e. The van der Waals surface area contributed by atoms with E-state index < -0.39 is 11.7 Å². The molecule has 1 aliphatic rings. The van der Waals surface area contributed by atoms with Crippen LogP contribution in [0.5, 0.6) is 0 Å². The van der Waals surface area contributed by atoms with Crippen molar-refractivity contribution < 1.29 is 13.2 Å². The fraction of sp³-hybridized carbons (Fsp3) is 0.429. The predicted octanol–water partition coefficient (Wildman–Crippen LogP) is 2.94. The Hall–Kier alpha value is -1.69. The molecule has 1 fully saturated rings. The van der Waals surface area contributed by atoms with E-state index in [1.165, 1.54) is 12.3 Å². The van der Waals surface area contributed by atoms with Crippen LogP contribution in [0.1, 0.15) is 24.2 Å². The second-order valence-corrected chi connectivity index (χ2v) is 5.02. The Labute approximate surface area is 114 Å². The molecule has 1 aromatic heterocycles. The molecule has 0 bridgehead atoms. The second kappa shape index (κ2) is 5.01. The molecular weight excluding hydrogens is 267 g/mol. The van der Waals surface area contributed by atoms with Crippen LogP contribution in [-0.4, -0.2) is 22.6 Å². The Morgan fingerprint density at radius 1 is 1.30 bits per heavy atom. The van der Waals surface area contributed by atoms with Crippen molar-refractivity contribution in [3.8, 4) is 0 Å². The summed E-state index contributed by atoms with van der Waals surface area (Å²) >= 11 is 0. The summed E-state index contributed by atoms with van der Waals surface area (Å²) in [5, 5.41) is 3.72. The van der Waals surface area contributed by atoms with E-state index in [1.54, 1.807) is 6.07 Å². The molecule has 1 unspecified atom stereocenters. The molecule has 0 spiro atoms. The number of aromatic nitrogens is 2. The maximum Gasteiger partial charge on any atom is 0.418 e. The number of benzene rings is 1. The van der Waals surface area contributed by atoms with Crippen molar-refractivity contribution in [1.82, 2.24) is 15.3 Å². The van der Waals surface area contributed by atoms with E-state index in [-0.39, 0.29) is 11.6 Å². The standard InChI is InChI=1S/C14H14F3N3/c15-14(16,17)11-5-1-3-9-8-19-12(20-13(9)11)7-10-4-2-6-18-10/h1,3,5,8,10,18H,2,4,6-7H2. The Morgan fingerprint density at radius 2 is 2.15 bits per heavy atom. The third-order valence-corrected chi connectivity index (χ3v) is 3.56. The smallest absolute Gasteiger partial charge is 0.314 e. The van der Waals surface area contributed by atoms with E-state index in [9.17, 15) is 13.2 Å². The molecule has 0 amide bonds. The van der Waals surface area contributed by atoms with E-state index in [4.69, 9.17) is 0 Å². The first-order chi connectivity index (χ1) is 9.54. The number of para-hydroxylation sites is 1. The van der Waals surface area contributed by atoms with E-state index in [0.29, 0.717) is 17.6 Å². The lowest BCUT2D eigenvalue weighted by atomic mass is 10.1. The first kappa shape index (κ1) is 13.3. The maximum atomic E-state index is 13.0. The van der Waals surface area contributed by atoms with Gasteiger partial charge in [0.15, 0.2) is 0 Å². The van der Waals surface area contributed by atoms with Gasteiger partial charge in [-0.1, -0.05) is 12.1 Å². The molecule has 3 rings (SSSR count). The minimum atomic E-state index is -4.39. The lowest BCUT2D eigenvalue weighted by molar-refractivity contribution is -0.136. The summed E-state index contributed by atoms with van der Waals surface area (Å²) in [6.07, 6.45) is -0.241. The second-order valence-electron chi connectivity index (χ2n) is 5.02. The van der Waals surface area contributed by atoms with Crippen LogP contribution in [-0.2, 0) is 12.6 Å². The Bertz CT molecular complexity index is 619. The third kappa shape index (κ3) is 2.60. The number of nitrogens with zero attached hydrogens (tertiary/aromatic N) is 2. The van der Waals surface area contributed by atoms with Crippen molar-refractivity contribution in [2.75, 3.05) is 6.54 Å². The van der Waals surface area contributed by atoms with Crippen molar-refractivity contribution in [3.63, 3.8) is 0 Å². The Kier molecular flexibility index (Phi) is 3.33. The van der Waals surface area contributed by atoms with Gasteiger partial charge in [-0.15, -0.1) is 0 Å². The van der Waals surface area contributed by atoms with Gasteiger partial charge < -0.3 is 5.32 Å². The number of halogens is 3. The van der Waals surface area contributed by atoms with Crippen LogP contribution in [0.4, 0.5) is 13.2 Å². The van der Waals surface area contributed by atoms with Crippen molar-refractivity contribution in [2.24, 2.45) is 0 Å². The number of fused-ring (bicyclic) bond motifs is 1. The zero-order valence-electron chi connectivity index (χ0n) is 10.7. The zero-order chi connectivity index (χ0) is 14.2. The van der Waals surface area contributed by atoms with Crippen molar-refractivity contribution in [3.05, 3.63) is 35.8 Å². The highest BCUT2D eigenvalue weighted by Gasteiger charge is 2.33. The largest absolute Gasteiger partial charge is 0.418 e. The molecule has 106 valence electrons. The van der Waals surface area contributed by atoms with Gasteiger partial charge in [0.1, 0.15) is 5.82 Å². The van der Waals surface area contributed by atoms with Gasteiger partial charge in [-0.3, -0.25) is 0 Å². The van der Waals surface area contributed by atoms with Gasteiger partial charge in [0, 0.05) is 24.0 Å². The molecule has 0 aliphatic carbocycles. The topological polar surface area (TPSA) is 37.8 Å². The summed E-state index contributed by atoms with van der Waals surface area (Å²) in [6.45, 7) is 0.950. The SMILES string of the molecule is FC(F)(F)c1cccc2cnc(CC3CCCN3)nc12. The quantitative estimate of drug-likeness (QED) is 0.919. The van der Waals surface area contributed by atoms with Crippen molar-refractivity contribution >= 4 is 10.9 Å². The molecule has 0 saturated carbocycles. The Balaban J connectivity index is 2.00. The Morgan fingerprint density at radius 3 is 2.85 bits per heavy atom. The number of alkyl halides is 3. The molecule has 6 heteroatoms. The van der Waals surface area contributed by atoms with Crippen LogP contribution in [0, 0.1) is 0 Å². The molecule has 2 aromatic rings. The van der Waals surface area contributed by atoms with Crippen LogP contribution in [0.3, 0.4) is 0 Å². The van der Waals surface area contributed by atoms with Gasteiger partial charge >= 0.3 is 6.18 Å². The molecule has 2 heterocycles. The first-order valence-corrected chi connectivity index (χ1v) is 6.59. The highest BCUT2D eigenvalue weighted by atomic mass is 19.4. The molecule has 1 aliphatic heterocycles. The van der Waals surface area contributed by atoms with Gasteiger partial charge in [-0.05, 0) is 25.5 Å². The summed E-state index contributed by atoms with van der Waals surface area (Å²) in [6, 6.07) is 4.31. The van der Waals surface area contributed by atoms with Crippen LogP contribution < -0.4 is 5.32 Å². The summed E-state index contributed by atoms with van der Waals surface area (Å²) in [7, 11) is 0. The average molecular weight is 281 g/mol. The molecule has 20 heavy (non-hydrogen) atoms. The maximum absolute atomic E-state index is 13.0. The number of nitrogens with one attached hydrogen (secondary N) is 1. The van der Waals surface area contributed by atoms with Crippen LogP contribution >= 0.6 is 0 Å². The van der Waals surface area contributed by atoms with Gasteiger partial charge in [0.05, 0.1) is 11.1 Å². The molecule has 1 saturated heterocycles. The van der Waals surface area contributed by atoms with E-state index in [0.717, 1.165) is 25.5 Å². The summed E-state index contributed by atoms with van der Waals surface area (Å²) in [4.78, 5) is 8.31. The fourth-order valence-electron chi connectivity index (χ4n) is 2.57. The predicted molar refractivity (Wildman–Crippen MR) is 69.3 cm³/mol. The van der Waals surface area contributed by atoms with Gasteiger partial charge in [-0.2, -0.15) is 13.2 Å². The van der Waals surface area contributed by atoms with E-state index in [2.05, 4.69) is 15.3 Å². The van der Waals surface area contributed by atoms with Crippen LogP contribution in [0.2, 0.25) is 0 Å². The lowest BCUT2D eigenvalue weighted by Crippen LogP contribution is -2.24. The van der Waals surface area contributed by atoms with Crippen molar-refractivity contribution in [1.29, 1.82) is 0 Å². The first-order valence-electron chi connectivity index (χ1n) is 6.59. The van der Waals surface area contributed by atoms with E-state index >= 15 is 0 Å². The summed E-state index contributed by atoms with van der Waals surface area (Å²) in [5.74, 6) is 0.466. The summed E-state index contributed by atoms with van der Waals surface area (Å²) in [5.41, 5.74) is -0.707. The fourth-order valence-corrected chi connectivity index (χ4v) is 2.57. The lowest BCUT2D eigenvalue weighted by Gasteiger charge is -2.12. The average Bonchev–Trinajstić information content (AvgIpc) is 2.89. The monoisotopic (exact) mass is 281 g/mol. The van der Waals surface area contributed by atoms with Crippen LogP contribution in [0.15, 0.2) is 24.4 Å².